The molecule has 88 valence electrons. The molecule has 0 saturated carbocycles. The Hall–Kier alpha value is -1.02. The van der Waals surface area contributed by atoms with Crippen LogP contribution >= 0.6 is 11.6 Å². The minimum absolute atomic E-state index is 0.0886. The van der Waals surface area contributed by atoms with Gasteiger partial charge in [-0.15, -0.1) is 0 Å². The van der Waals surface area contributed by atoms with Crippen molar-refractivity contribution in [2.75, 3.05) is 7.11 Å². The Morgan fingerprint density at radius 3 is 2.38 bits per heavy atom. The molecule has 0 aliphatic heterocycles. The van der Waals surface area contributed by atoms with Gasteiger partial charge >= 0.3 is 0 Å². The van der Waals surface area contributed by atoms with E-state index in [9.17, 15) is 4.79 Å². The van der Waals surface area contributed by atoms with Gasteiger partial charge in [0.25, 0.3) is 0 Å². The van der Waals surface area contributed by atoms with Crippen molar-refractivity contribution in [3.8, 4) is 5.75 Å². The molecule has 0 aliphatic carbocycles. The minimum atomic E-state index is -0.581. The Morgan fingerprint density at radius 1 is 1.38 bits per heavy atom. The maximum Gasteiger partial charge on any atom is 0.139 e. The van der Waals surface area contributed by atoms with E-state index in [0.29, 0.717) is 10.8 Å². The predicted molar refractivity (Wildman–Crippen MR) is 66.4 cm³/mol. The van der Waals surface area contributed by atoms with Gasteiger partial charge in [-0.25, -0.2) is 0 Å². The molecule has 0 amide bonds. The zero-order valence-corrected chi connectivity index (χ0v) is 11.1. The molecule has 0 saturated heterocycles. The number of aryl methyl sites for hydroxylation is 1. The number of carbonyl (C=O) groups is 1. The maximum atomic E-state index is 11.6. The van der Waals surface area contributed by atoms with Crippen LogP contribution in [-0.2, 0) is 10.2 Å². The monoisotopic (exact) mass is 240 g/mol. The summed E-state index contributed by atoms with van der Waals surface area (Å²) in [4.78, 5) is 11.6. The first kappa shape index (κ1) is 13.0. The highest BCUT2D eigenvalue weighted by Crippen LogP contribution is 2.36. The van der Waals surface area contributed by atoms with Crippen molar-refractivity contribution < 1.29 is 9.53 Å². The first-order chi connectivity index (χ1) is 7.30. The summed E-state index contributed by atoms with van der Waals surface area (Å²) in [5.74, 6) is 0.799. The van der Waals surface area contributed by atoms with Crippen LogP contribution in [0.5, 0.6) is 5.75 Å². The second-order valence-electron chi connectivity index (χ2n) is 4.48. The molecule has 3 heteroatoms. The fourth-order valence-electron chi connectivity index (χ4n) is 1.50. The van der Waals surface area contributed by atoms with Gasteiger partial charge in [-0.05, 0) is 45.4 Å². The number of benzene rings is 1. The molecule has 0 bridgehead atoms. The molecule has 2 nitrogen and oxygen atoms in total. The Labute approximate surface area is 102 Å². The normalized spacial score (nSPS) is 11.4. The summed E-state index contributed by atoms with van der Waals surface area (Å²) < 4.78 is 5.31. The summed E-state index contributed by atoms with van der Waals surface area (Å²) in [6.45, 7) is 7.24. The molecule has 0 aliphatic rings. The number of carbonyl (C=O) groups excluding carboxylic acids is 1. The summed E-state index contributed by atoms with van der Waals surface area (Å²) >= 11 is 6.09. The van der Waals surface area contributed by atoms with Gasteiger partial charge in [-0.2, -0.15) is 0 Å². The van der Waals surface area contributed by atoms with Gasteiger partial charge in [0.05, 0.1) is 12.5 Å². The number of hydrogen-bond donors (Lipinski definition) is 0. The van der Waals surface area contributed by atoms with Gasteiger partial charge in [-0.3, -0.25) is 4.79 Å². The molecule has 0 aromatic heterocycles. The van der Waals surface area contributed by atoms with Crippen LogP contribution in [-0.4, -0.2) is 12.9 Å². The molecule has 0 N–H and O–H groups in total. The van der Waals surface area contributed by atoms with Crippen molar-refractivity contribution in [3.05, 3.63) is 28.3 Å². The minimum Gasteiger partial charge on any atom is -0.496 e. The van der Waals surface area contributed by atoms with Gasteiger partial charge in [-0.1, -0.05) is 11.6 Å². The smallest absolute Gasteiger partial charge is 0.139 e. The van der Waals surface area contributed by atoms with Crippen LogP contribution < -0.4 is 4.74 Å². The summed E-state index contributed by atoms with van der Waals surface area (Å²) in [7, 11) is 1.60. The van der Waals surface area contributed by atoms with Gasteiger partial charge in [0.15, 0.2) is 0 Å². The van der Waals surface area contributed by atoms with Crippen molar-refractivity contribution in [3.63, 3.8) is 0 Å². The van der Waals surface area contributed by atoms with E-state index in [1.807, 2.05) is 32.9 Å². The molecule has 0 radical (unpaired) electrons. The Kier molecular flexibility index (Phi) is 3.64. The molecule has 0 fully saturated rings. The zero-order chi connectivity index (χ0) is 12.5. The van der Waals surface area contributed by atoms with Gasteiger partial charge in [0, 0.05) is 10.6 Å². The largest absolute Gasteiger partial charge is 0.496 e. The van der Waals surface area contributed by atoms with Crippen molar-refractivity contribution in [2.24, 2.45) is 0 Å². The Balaban J connectivity index is 3.43. The number of ether oxygens (including phenoxy) is 1. The molecule has 0 unspecified atom stereocenters. The fourth-order valence-corrected chi connectivity index (χ4v) is 1.67. The lowest BCUT2D eigenvalue weighted by Gasteiger charge is -2.24. The molecule has 0 heterocycles. The molecule has 16 heavy (non-hydrogen) atoms. The Morgan fingerprint density at radius 2 is 1.94 bits per heavy atom. The van der Waals surface area contributed by atoms with Crippen LogP contribution in [0.4, 0.5) is 0 Å². The highest BCUT2D eigenvalue weighted by Gasteiger charge is 2.29. The first-order valence-electron chi connectivity index (χ1n) is 5.16. The van der Waals surface area contributed by atoms with Gasteiger partial charge in [0.1, 0.15) is 11.5 Å². The number of hydrogen-bond acceptors (Lipinski definition) is 2. The van der Waals surface area contributed by atoms with Crippen molar-refractivity contribution in [1.82, 2.24) is 0 Å². The molecular weight excluding hydrogens is 224 g/mol. The van der Waals surface area contributed by atoms with Gasteiger partial charge < -0.3 is 4.74 Å². The van der Waals surface area contributed by atoms with E-state index in [4.69, 9.17) is 16.3 Å². The van der Waals surface area contributed by atoms with Crippen molar-refractivity contribution >= 4 is 17.4 Å². The van der Waals surface area contributed by atoms with Crippen molar-refractivity contribution in [2.45, 2.75) is 33.1 Å². The molecular formula is C13H17ClO2. The first-order valence-corrected chi connectivity index (χ1v) is 5.54. The maximum absolute atomic E-state index is 11.6. The van der Waals surface area contributed by atoms with E-state index in [0.717, 1.165) is 11.1 Å². The fraction of sp³-hybridized carbons (Fsp3) is 0.462. The highest BCUT2D eigenvalue weighted by atomic mass is 35.5. The molecule has 1 aromatic carbocycles. The Bertz CT molecular complexity index is 422. The quantitative estimate of drug-likeness (QED) is 0.808. The van der Waals surface area contributed by atoms with Crippen LogP contribution in [0.1, 0.15) is 31.9 Å². The van der Waals surface area contributed by atoms with Crippen LogP contribution in [0.15, 0.2) is 12.1 Å². The average Bonchev–Trinajstić information content (AvgIpc) is 2.20. The van der Waals surface area contributed by atoms with Crippen LogP contribution in [0.25, 0.3) is 0 Å². The third kappa shape index (κ3) is 2.22. The van der Waals surface area contributed by atoms with Crippen molar-refractivity contribution in [1.29, 1.82) is 0 Å². The summed E-state index contributed by atoms with van der Waals surface area (Å²) in [5, 5.41) is 0.658. The second-order valence-corrected chi connectivity index (χ2v) is 4.89. The number of rotatable bonds is 3. The highest BCUT2D eigenvalue weighted by molar-refractivity contribution is 6.31. The molecule has 1 rings (SSSR count). The number of ketones is 1. The lowest BCUT2D eigenvalue weighted by atomic mass is 9.80. The van der Waals surface area contributed by atoms with Crippen LogP contribution in [0.3, 0.4) is 0 Å². The van der Waals surface area contributed by atoms with E-state index in [2.05, 4.69) is 0 Å². The van der Waals surface area contributed by atoms with E-state index in [-0.39, 0.29) is 5.78 Å². The summed E-state index contributed by atoms with van der Waals surface area (Å²) in [5.41, 5.74) is 1.20. The molecule has 0 atom stereocenters. The third-order valence-corrected chi connectivity index (χ3v) is 3.44. The molecule has 0 spiro atoms. The number of halogens is 1. The van der Waals surface area contributed by atoms with E-state index >= 15 is 0 Å². The van der Waals surface area contributed by atoms with Crippen LogP contribution in [0, 0.1) is 6.92 Å². The molecule has 1 aromatic rings. The predicted octanol–water partition coefficient (Wildman–Crippen LogP) is 3.52. The SMILES string of the molecule is COc1cc(C)c(Cl)cc1C(C)(C)C(C)=O. The lowest BCUT2D eigenvalue weighted by molar-refractivity contribution is -0.121. The summed E-state index contributed by atoms with van der Waals surface area (Å²) in [6.07, 6.45) is 0. The van der Waals surface area contributed by atoms with E-state index in [1.54, 1.807) is 14.0 Å². The third-order valence-electron chi connectivity index (χ3n) is 3.03. The summed E-state index contributed by atoms with van der Waals surface area (Å²) in [6, 6.07) is 3.68. The van der Waals surface area contributed by atoms with E-state index in [1.165, 1.54) is 0 Å². The standard InChI is InChI=1S/C13H17ClO2/c1-8-6-12(16-5)10(7-11(8)14)13(3,4)9(2)15/h6-7H,1-5H3. The topological polar surface area (TPSA) is 26.3 Å². The van der Waals surface area contributed by atoms with E-state index < -0.39 is 5.41 Å². The zero-order valence-electron chi connectivity index (χ0n) is 10.3. The number of Topliss-reactive ketones (excluding diaryl/α,β-unsaturated/α-hetero) is 1. The second kappa shape index (κ2) is 4.46. The number of methoxy groups -OCH3 is 1. The van der Waals surface area contributed by atoms with Crippen LogP contribution in [0.2, 0.25) is 5.02 Å². The lowest BCUT2D eigenvalue weighted by Crippen LogP contribution is -2.27. The average molecular weight is 241 g/mol. The van der Waals surface area contributed by atoms with Gasteiger partial charge in [0.2, 0.25) is 0 Å².